The predicted molar refractivity (Wildman–Crippen MR) is 98.6 cm³/mol. The highest BCUT2D eigenvalue weighted by atomic mass is 16.3. The van der Waals surface area contributed by atoms with Gasteiger partial charge in [0.2, 0.25) is 5.91 Å². The van der Waals surface area contributed by atoms with Gasteiger partial charge in [-0.2, -0.15) is 0 Å². The van der Waals surface area contributed by atoms with E-state index in [0.29, 0.717) is 13.1 Å². The molecule has 0 aliphatic rings. The zero-order valence-electron chi connectivity index (χ0n) is 14.4. The lowest BCUT2D eigenvalue weighted by atomic mass is 10.1. The number of benzene rings is 1. The van der Waals surface area contributed by atoms with Crippen molar-refractivity contribution in [3.8, 4) is 11.3 Å². The van der Waals surface area contributed by atoms with Crippen molar-refractivity contribution in [3.05, 3.63) is 66.5 Å². The molecule has 0 radical (unpaired) electrons. The third-order valence-corrected chi connectivity index (χ3v) is 3.89. The number of furan rings is 1. The van der Waals surface area contributed by atoms with Gasteiger partial charge in [0.1, 0.15) is 5.76 Å². The van der Waals surface area contributed by atoms with Crippen LogP contribution in [-0.2, 0) is 11.3 Å². The molecule has 0 unspecified atom stereocenters. The van der Waals surface area contributed by atoms with E-state index in [9.17, 15) is 4.79 Å². The summed E-state index contributed by atoms with van der Waals surface area (Å²) in [6.45, 7) is 4.77. The van der Waals surface area contributed by atoms with Crippen LogP contribution >= 0.6 is 0 Å². The summed E-state index contributed by atoms with van der Waals surface area (Å²) in [5.41, 5.74) is 4.05. The van der Waals surface area contributed by atoms with Gasteiger partial charge < -0.3 is 14.3 Å². The Balaban J connectivity index is 1.99. The van der Waals surface area contributed by atoms with E-state index < -0.39 is 0 Å². The van der Waals surface area contributed by atoms with Gasteiger partial charge in [0, 0.05) is 25.6 Å². The second kappa shape index (κ2) is 7.66. The standard InChI is InChI=1S/C20H21N3O2/c1-15(13-18-9-6-12-25-18)20-19(17-7-4-3-5-8-17)22-14-23(20)11-10-21-16(2)24/h3-9,12-14H,10-11H2,1-2H3,(H,21,24). The molecule has 0 saturated carbocycles. The van der Waals surface area contributed by atoms with Crippen molar-refractivity contribution < 1.29 is 9.21 Å². The molecule has 0 saturated heterocycles. The molecule has 2 aromatic heterocycles. The van der Waals surface area contributed by atoms with Crippen molar-refractivity contribution in [2.24, 2.45) is 0 Å². The van der Waals surface area contributed by atoms with E-state index in [1.807, 2.05) is 61.8 Å². The van der Waals surface area contributed by atoms with Crippen molar-refractivity contribution in [3.63, 3.8) is 0 Å². The maximum Gasteiger partial charge on any atom is 0.216 e. The average molecular weight is 335 g/mol. The van der Waals surface area contributed by atoms with E-state index in [1.54, 1.807) is 6.26 Å². The Morgan fingerprint density at radius 3 is 2.68 bits per heavy atom. The molecular formula is C20H21N3O2. The molecule has 1 aromatic carbocycles. The molecule has 0 bridgehead atoms. The molecule has 5 heteroatoms. The second-order valence-corrected chi connectivity index (χ2v) is 5.83. The van der Waals surface area contributed by atoms with Gasteiger partial charge >= 0.3 is 0 Å². The fourth-order valence-corrected chi connectivity index (χ4v) is 2.78. The number of hydrogen-bond donors (Lipinski definition) is 1. The van der Waals surface area contributed by atoms with Crippen LogP contribution in [0.1, 0.15) is 25.3 Å². The van der Waals surface area contributed by atoms with Crippen LogP contribution < -0.4 is 5.32 Å². The summed E-state index contributed by atoms with van der Waals surface area (Å²) < 4.78 is 7.50. The lowest BCUT2D eigenvalue weighted by Crippen LogP contribution is -2.24. The van der Waals surface area contributed by atoms with Gasteiger partial charge in [-0.25, -0.2) is 4.98 Å². The highest BCUT2D eigenvalue weighted by Crippen LogP contribution is 2.29. The van der Waals surface area contributed by atoms with Crippen LogP contribution in [-0.4, -0.2) is 22.0 Å². The zero-order valence-corrected chi connectivity index (χ0v) is 14.4. The van der Waals surface area contributed by atoms with E-state index in [0.717, 1.165) is 28.3 Å². The Morgan fingerprint density at radius 2 is 2.00 bits per heavy atom. The number of rotatable bonds is 6. The Morgan fingerprint density at radius 1 is 1.20 bits per heavy atom. The molecule has 128 valence electrons. The first-order valence-corrected chi connectivity index (χ1v) is 8.22. The fraction of sp³-hybridized carbons (Fsp3) is 0.200. The molecule has 3 aromatic rings. The van der Waals surface area contributed by atoms with E-state index in [2.05, 4.69) is 14.9 Å². The van der Waals surface area contributed by atoms with E-state index in [-0.39, 0.29) is 5.91 Å². The third-order valence-electron chi connectivity index (χ3n) is 3.89. The van der Waals surface area contributed by atoms with Crippen molar-refractivity contribution in [2.45, 2.75) is 20.4 Å². The summed E-state index contributed by atoms with van der Waals surface area (Å²) in [5.74, 6) is 0.763. The van der Waals surface area contributed by atoms with Crippen molar-refractivity contribution in [1.82, 2.24) is 14.9 Å². The number of imidazole rings is 1. The van der Waals surface area contributed by atoms with Crippen LogP contribution in [0.5, 0.6) is 0 Å². The van der Waals surface area contributed by atoms with Crippen LogP contribution in [0.4, 0.5) is 0 Å². The summed E-state index contributed by atoms with van der Waals surface area (Å²) >= 11 is 0. The van der Waals surface area contributed by atoms with Gasteiger partial charge in [-0.1, -0.05) is 30.3 Å². The van der Waals surface area contributed by atoms with Crippen LogP contribution in [0.25, 0.3) is 22.9 Å². The molecule has 1 N–H and O–H groups in total. The summed E-state index contributed by atoms with van der Waals surface area (Å²) in [5, 5.41) is 2.83. The van der Waals surface area contributed by atoms with Crippen molar-refractivity contribution in [2.75, 3.05) is 6.54 Å². The lowest BCUT2D eigenvalue weighted by Gasteiger charge is -2.11. The van der Waals surface area contributed by atoms with Crippen LogP contribution in [0.2, 0.25) is 0 Å². The molecule has 5 nitrogen and oxygen atoms in total. The molecule has 0 fully saturated rings. The number of hydrogen-bond acceptors (Lipinski definition) is 3. The number of nitrogens with one attached hydrogen (secondary N) is 1. The minimum absolute atomic E-state index is 0.0344. The topological polar surface area (TPSA) is 60.1 Å². The summed E-state index contributed by atoms with van der Waals surface area (Å²) in [7, 11) is 0. The molecular weight excluding hydrogens is 314 g/mol. The number of nitrogens with zero attached hydrogens (tertiary/aromatic N) is 2. The van der Waals surface area contributed by atoms with Crippen molar-refractivity contribution >= 4 is 17.6 Å². The van der Waals surface area contributed by atoms with Crippen LogP contribution in [0, 0.1) is 0 Å². The minimum atomic E-state index is -0.0344. The smallest absolute Gasteiger partial charge is 0.216 e. The quantitative estimate of drug-likeness (QED) is 0.744. The molecule has 1 amide bonds. The number of allylic oxidation sites excluding steroid dienone is 1. The van der Waals surface area contributed by atoms with Gasteiger partial charge in [0.25, 0.3) is 0 Å². The third kappa shape index (κ3) is 4.07. The lowest BCUT2D eigenvalue weighted by molar-refractivity contribution is -0.118. The minimum Gasteiger partial charge on any atom is -0.465 e. The normalized spacial score (nSPS) is 11.5. The molecule has 0 aliphatic heterocycles. The van der Waals surface area contributed by atoms with Crippen LogP contribution in [0.15, 0.2) is 59.5 Å². The number of amides is 1. The highest BCUT2D eigenvalue weighted by Gasteiger charge is 2.15. The summed E-state index contributed by atoms with van der Waals surface area (Å²) in [4.78, 5) is 15.7. The Hall–Kier alpha value is -3.08. The molecule has 2 heterocycles. The van der Waals surface area contributed by atoms with Gasteiger partial charge in [0.15, 0.2) is 0 Å². The van der Waals surface area contributed by atoms with Gasteiger partial charge in [0.05, 0.1) is 24.0 Å². The summed E-state index contributed by atoms with van der Waals surface area (Å²) in [6, 6.07) is 13.9. The van der Waals surface area contributed by atoms with Gasteiger partial charge in [-0.3, -0.25) is 4.79 Å². The van der Waals surface area contributed by atoms with Gasteiger partial charge in [-0.05, 0) is 30.7 Å². The Kier molecular flexibility index (Phi) is 5.14. The number of aromatic nitrogens is 2. The number of carbonyl (C=O) groups excluding carboxylic acids is 1. The maximum absolute atomic E-state index is 11.1. The second-order valence-electron chi connectivity index (χ2n) is 5.83. The van der Waals surface area contributed by atoms with E-state index in [4.69, 9.17) is 4.42 Å². The Bertz CT molecular complexity index is 862. The average Bonchev–Trinajstić information content (AvgIpc) is 3.25. The fourth-order valence-electron chi connectivity index (χ4n) is 2.78. The molecule has 25 heavy (non-hydrogen) atoms. The predicted octanol–water partition coefficient (Wildman–Crippen LogP) is 3.84. The van der Waals surface area contributed by atoms with Crippen LogP contribution in [0.3, 0.4) is 0 Å². The van der Waals surface area contributed by atoms with Crippen molar-refractivity contribution in [1.29, 1.82) is 0 Å². The Labute approximate surface area is 147 Å². The monoisotopic (exact) mass is 335 g/mol. The summed E-state index contributed by atoms with van der Waals surface area (Å²) in [6.07, 6.45) is 5.47. The largest absolute Gasteiger partial charge is 0.465 e. The SMILES string of the molecule is CC(=O)NCCn1cnc(-c2ccccc2)c1C(C)=Cc1ccco1. The first kappa shape index (κ1) is 16.8. The highest BCUT2D eigenvalue weighted by molar-refractivity contribution is 5.84. The molecule has 3 rings (SSSR count). The van der Waals surface area contributed by atoms with E-state index >= 15 is 0 Å². The first-order chi connectivity index (χ1) is 12.1. The first-order valence-electron chi connectivity index (χ1n) is 8.22. The maximum atomic E-state index is 11.1. The molecule has 0 spiro atoms. The molecule has 0 aliphatic carbocycles. The zero-order chi connectivity index (χ0) is 17.6. The molecule has 0 atom stereocenters. The van der Waals surface area contributed by atoms with Gasteiger partial charge in [-0.15, -0.1) is 0 Å². The van der Waals surface area contributed by atoms with E-state index in [1.165, 1.54) is 6.92 Å². The number of carbonyl (C=O) groups is 1.